The van der Waals surface area contributed by atoms with E-state index < -0.39 is 12.0 Å². The average molecular weight is 195 g/mol. The first kappa shape index (κ1) is 10.7. The highest BCUT2D eigenvalue weighted by Crippen LogP contribution is 2.15. The number of carboxylic acids is 1. The molecule has 0 aliphatic rings. The summed E-state index contributed by atoms with van der Waals surface area (Å²) >= 11 is 0. The van der Waals surface area contributed by atoms with E-state index in [0.29, 0.717) is 11.1 Å². The van der Waals surface area contributed by atoms with Crippen molar-refractivity contribution in [3.05, 3.63) is 34.9 Å². The molecule has 14 heavy (non-hydrogen) atoms. The maximum absolute atomic E-state index is 10.8. The van der Waals surface area contributed by atoms with Crippen molar-refractivity contribution in [1.82, 2.24) is 0 Å². The van der Waals surface area contributed by atoms with E-state index in [1.807, 2.05) is 0 Å². The fourth-order valence-electron chi connectivity index (χ4n) is 1.21. The molecule has 0 bridgehead atoms. The van der Waals surface area contributed by atoms with Crippen LogP contribution in [0.1, 0.15) is 27.5 Å². The quantitative estimate of drug-likeness (QED) is 0.662. The molecule has 0 amide bonds. The van der Waals surface area contributed by atoms with Crippen molar-refractivity contribution >= 4 is 5.97 Å². The van der Waals surface area contributed by atoms with Crippen molar-refractivity contribution in [3.8, 4) is 0 Å². The molecule has 1 aromatic carbocycles. The maximum Gasteiger partial charge on any atom is 0.335 e. The minimum Gasteiger partial charge on any atom is -0.478 e. The lowest BCUT2D eigenvalue weighted by atomic mass is 10.0. The summed E-state index contributed by atoms with van der Waals surface area (Å²) in [6.45, 7) is 1.53. The number of aliphatic hydroxyl groups excluding tert-OH is 1. The van der Waals surface area contributed by atoms with Gasteiger partial charge in [0.2, 0.25) is 0 Å². The number of benzene rings is 1. The van der Waals surface area contributed by atoms with Crippen molar-refractivity contribution in [2.75, 3.05) is 6.61 Å². The predicted molar refractivity (Wildman–Crippen MR) is 52.2 cm³/mol. The molecule has 0 heterocycles. The SMILES string of the molecule is Cc1ccc([C@H](N)CO)cc1C(=O)O. The molecule has 1 atom stereocenters. The van der Waals surface area contributed by atoms with Gasteiger partial charge in [0, 0.05) is 0 Å². The molecular weight excluding hydrogens is 182 g/mol. The first-order valence-corrected chi connectivity index (χ1v) is 4.26. The van der Waals surface area contributed by atoms with E-state index in [1.165, 1.54) is 6.07 Å². The molecule has 0 fully saturated rings. The summed E-state index contributed by atoms with van der Waals surface area (Å²) in [5.74, 6) is -0.977. The molecule has 1 rings (SSSR count). The van der Waals surface area contributed by atoms with Crippen LogP contribution in [0.2, 0.25) is 0 Å². The zero-order chi connectivity index (χ0) is 10.7. The topological polar surface area (TPSA) is 83.5 Å². The number of carboxylic acid groups (broad SMARTS) is 1. The van der Waals surface area contributed by atoms with Crippen molar-refractivity contribution in [1.29, 1.82) is 0 Å². The van der Waals surface area contributed by atoms with Gasteiger partial charge in [-0.25, -0.2) is 4.79 Å². The minimum absolute atomic E-state index is 0.192. The van der Waals surface area contributed by atoms with Gasteiger partial charge in [-0.1, -0.05) is 12.1 Å². The summed E-state index contributed by atoms with van der Waals surface area (Å²) in [6.07, 6.45) is 0. The molecule has 76 valence electrons. The van der Waals surface area contributed by atoms with Crippen LogP contribution in [0.15, 0.2) is 18.2 Å². The summed E-state index contributed by atoms with van der Waals surface area (Å²) in [4.78, 5) is 10.8. The van der Waals surface area contributed by atoms with Crippen LogP contribution in [0.4, 0.5) is 0 Å². The van der Waals surface area contributed by atoms with Crippen LogP contribution in [0.25, 0.3) is 0 Å². The van der Waals surface area contributed by atoms with E-state index in [-0.39, 0.29) is 12.2 Å². The summed E-state index contributed by atoms with van der Waals surface area (Å²) in [6, 6.07) is 4.39. The van der Waals surface area contributed by atoms with E-state index in [0.717, 1.165) is 0 Å². The Morgan fingerprint density at radius 1 is 1.57 bits per heavy atom. The van der Waals surface area contributed by atoms with E-state index >= 15 is 0 Å². The largest absolute Gasteiger partial charge is 0.478 e. The molecule has 0 spiro atoms. The summed E-state index contributed by atoms with van der Waals surface area (Å²) in [7, 11) is 0. The Labute approximate surface area is 82.0 Å². The molecule has 0 radical (unpaired) electrons. The highest BCUT2D eigenvalue weighted by molar-refractivity contribution is 5.89. The van der Waals surface area contributed by atoms with Gasteiger partial charge >= 0.3 is 5.97 Å². The molecule has 4 nitrogen and oxygen atoms in total. The van der Waals surface area contributed by atoms with Gasteiger partial charge in [-0.2, -0.15) is 0 Å². The summed E-state index contributed by atoms with van der Waals surface area (Å²) in [5, 5.41) is 17.7. The van der Waals surface area contributed by atoms with Crippen molar-refractivity contribution in [3.63, 3.8) is 0 Å². The average Bonchev–Trinajstić information content (AvgIpc) is 2.17. The molecular formula is C10H13NO3. The number of aromatic carboxylic acids is 1. The molecule has 0 aliphatic carbocycles. The second-order valence-corrected chi connectivity index (χ2v) is 3.17. The van der Waals surface area contributed by atoms with Gasteiger partial charge in [-0.3, -0.25) is 0 Å². The van der Waals surface area contributed by atoms with Gasteiger partial charge < -0.3 is 15.9 Å². The third-order valence-electron chi connectivity index (χ3n) is 2.12. The number of hydrogen-bond donors (Lipinski definition) is 3. The lowest BCUT2D eigenvalue weighted by molar-refractivity contribution is 0.0696. The number of carbonyl (C=O) groups is 1. The number of nitrogens with two attached hydrogens (primary N) is 1. The Hall–Kier alpha value is -1.39. The van der Waals surface area contributed by atoms with Crippen LogP contribution >= 0.6 is 0 Å². The second-order valence-electron chi connectivity index (χ2n) is 3.17. The van der Waals surface area contributed by atoms with Crippen LogP contribution in [-0.2, 0) is 0 Å². The second kappa shape index (κ2) is 4.21. The van der Waals surface area contributed by atoms with Crippen LogP contribution in [0.3, 0.4) is 0 Å². The van der Waals surface area contributed by atoms with E-state index in [2.05, 4.69) is 0 Å². The Bertz CT molecular complexity index is 349. The summed E-state index contributed by atoms with van der Waals surface area (Å²) in [5.41, 5.74) is 7.12. The Morgan fingerprint density at radius 2 is 2.21 bits per heavy atom. The zero-order valence-corrected chi connectivity index (χ0v) is 7.90. The van der Waals surface area contributed by atoms with E-state index in [1.54, 1.807) is 19.1 Å². The molecule has 0 saturated carbocycles. The van der Waals surface area contributed by atoms with Crippen LogP contribution in [-0.4, -0.2) is 22.8 Å². The number of hydrogen-bond acceptors (Lipinski definition) is 3. The Kier molecular flexibility index (Phi) is 3.22. The van der Waals surface area contributed by atoms with Gasteiger partial charge in [-0.05, 0) is 24.1 Å². The highest BCUT2D eigenvalue weighted by Gasteiger charge is 2.10. The van der Waals surface area contributed by atoms with Crippen LogP contribution < -0.4 is 5.73 Å². The van der Waals surface area contributed by atoms with Crippen molar-refractivity contribution in [2.45, 2.75) is 13.0 Å². The Balaban J connectivity index is 3.12. The molecule has 1 aromatic rings. The van der Waals surface area contributed by atoms with Crippen LogP contribution in [0, 0.1) is 6.92 Å². The minimum atomic E-state index is -0.977. The lowest BCUT2D eigenvalue weighted by Gasteiger charge is -2.10. The number of aliphatic hydroxyl groups is 1. The normalized spacial score (nSPS) is 12.5. The first-order chi connectivity index (χ1) is 6.56. The van der Waals surface area contributed by atoms with E-state index in [9.17, 15) is 4.79 Å². The van der Waals surface area contributed by atoms with Gasteiger partial charge in [-0.15, -0.1) is 0 Å². The first-order valence-electron chi connectivity index (χ1n) is 4.26. The monoisotopic (exact) mass is 195 g/mol. The molecule has 0 aromatic heterocycles. The number of aryl methyl sites for hydroxylation is 1. The predicted octanol–water partition coefficient (Wildman–Crippen LogP) is 0.685. The Morgan fingerprint density at radius 3 is 2.71 bits per heavy atom. The van der Waals surface area contributed by atoms with Crippen molar-refractivity contribution in [2.24, 2.45) is 5.73 Å². The molecule has 0 saturated heterocycles. The highest BCUT2D eigenvalue weighted by atomic mass is 16.4. The van der Waals surface area contributed by atoms with E-state index in [4.69, 9.17) is 15.9 Å². The van der Waals surface area contributed by atoms with Crippen LogP contribution in [0.5, 0.6) is 0 Å². The molecule has 0 unspecified atom stereocenters. The number of rotatable bonds is 3. The van der Waals surface area contributed by atoms with Gasteiger partial charge in [0.15, 0.2) is 0 Å². The molecule has 4 heteroatoms. The third-order valence-corrected chi connectivity index (χ3v) is 2.12. The summed E-state index contributed by atoms with van der Waals surface area (Å²) < 4.78 is 0. The van der Waals surface area contributed by atoms with Gasteiger partial charge in [0.05, 0.1) is 18.2 Å². The van der Waals surface area contributed by atoms with Gasteiger partial charge in [0.25, 0.3) is 0 Å². The molecule has 4 N–H and O–H groups in total. The zero-order valence-electron chi connectivity index (χ0n) is 7.90. The fourth-order valence-corrected chi connectivity index (χ4v) is 1.21. The van der Waals surface area contributed by atoms with Gasteiger partial charge in [0.1, 0.15) is 0 Å². The van der Waals surface area contributed by atoms with Crippen molar-refractivity contribution < 1.29 is 15.0 Å². The third kappa shape index (κ3) is 2.10. The lowest BCUT2D eigenvalue weighted by Crippen LogP contribution is -2.15. The standard InChI is InChI=1S/C10H13NO3/c1-6-2-3-7(9(11)5-12)4-8(6)10(13)14/h2-4,9,12H,5,11H2,1H3,(H,13,14)/t9-/m1/s1. The molecule has 0 aliphatic heterocycles. The smallest absolute Gasteiger partial charge is 0.335 e. The fraction of sp³-hybridized carbons (Fsp3) is 0.300. The maximum atomic E-state index is 10.8.